The van der Waals surface area contributed by atoms with Crippen LogP contribution in [0.1, 0.15) is 127 Å². The molecule has 5 aliphatic carbocycles. The molecule has 0 radical (unpaired) electrons. The zero-order chi connectivity index (χ0) is 28.8. The molecule has 5 heteroatoms. The van der Waals surface area contributed by atoms with Crippen molar-refractivity contribution in [2.24, 2.45) is 56.7 Å². The molecule has 0 amide bonds. The molecule has 222 valence electrons. The van der Waals surface area contributed by atoms with E-state index in [1.165, 1.54) is 26.2 Å². The zero-order valence-electron chi connectivity index (χ0n) is 26.3. The van der Waals surface area contributed by atoms with Crippen molar-refractivity contribution in [2.45, 2.75) is 138 Å². The number of hydrogen-bond acceptors (Lipinski definition) is 5. The smallest absolute Gasteiger partial charge is 0.302 e. The lowest BCUT2D eigenvalue weighted by Gasteiger charge is -2.73. The first-order valence-electron chi connectivity index (χ1n) is 16.0. The molecule has 0 aliphatic heterocycles. The highest BCUT2D eigenvalue weighted by Gasteiger charge is 2.73. The topological polar surface area (TPSA) is 72.8 Å². The molecule has 5 rings (SSSR count). The fourth-order valence-electron chi connectivity index (χ4n) is 12.3. The number of carbonyl (C=O) groups excluding carboxylic acids is 2. The average Bonchev–Trinajstić information content (AvgIpc) is 3.14. The lowest BCUT2D eigenvalue weighted by atomic mass is 9.32. The van der Waals surface area contributed by atoms with E-state index in [1.54, 1.807) is 6.92 Å². The Morgan fingerprint density at radius 2 is 1.46 bits per heavy atom. The first kappa shape index (κ1) is 29.4. The Hall–Kier alpha value is -1.10. The van der Waals surface area contributed by atoms with Gasteiger partial charge in [0, 0.05) is 30.6 Å². The van der Waals surface area contributed by atoms with Crippen LogP contribution in [0.3, 0.4) is 0 Å². The van der Waals surface area contributed by atoms with E-state index >= 15 is 0 Å². The van der Waals surface area contributed by atoms with Crippen molar-refractivity contribution < 1.29 is 24.2 Å². The van der Waals surface area contributed by atoms with Gasteiger partial charge in [0.25, 0.3) is 0 Å². The second kappa shape index (κ2) is 9.20. The summed E-state index contributed by atoms with van der Waals surface area (Å²) < 4.78 is 11.7. The molecule has 10 atom stereocenters. The maximum atomic E-state index is 12.4. The maximum absolute atomic E-state index is 12.4. The van der Waals surface area contributed by atoms with Gasteiger partial charge in [0.1, 0.15) is 6.10 Å². The summed E-state index contributed by atoms with van der Waals surface area (Å²) in [6, 6.07) is 0. The van der Waals surface area contributed by atoms with Crippen LogP contribution < -0.4 is 0 Å². The van der Waals surface area contributed by atoms with E-state index in [9.17, 15) is 14.7 Å². The lowest BCUT2D eigenvalue weighted by molar-refractivity contribution is -0.263. The van der Waals surface area contributed by atoms with Crippen LogP contribution in [0.4, 0.5) is 0 Å². The largest absolute Gasteiger partial charge is 0.465 e. The van der Waals surface area contributed by atoms with Gasteiger partial charge >= 0.3 is 11.9 Å². The quantitative estimate of drug-likeness (QED) is 0.375. The third-order valence-electron chi connectivity index (χ3n) is 14.5. The summed E-state index contributed by atoms with van der Waals surface area (Å²) in [6.07, 6.45) is 10.8. The molecule has 0 aromatic carbocycles. The Kier molecular flexibility index (Phi) is 6.93. The minimum absolute atomic E-state index is 0.000431. The van der Waals surface area contributed by atoms with Gasteiger partial charge in [-0.15, -0.1) is 0 Å². The Bertz CT molecular complexity index is 1000. The van der Waals surface area contributed by atoms with Gasteiger partial charge in [-0.1, -0.05) is 48.5 Å². The fraction of sp³-hybridized carbons (Fsp3) is 0.941. The molecule has 0 bridgehead atoms. The first-order chi connectivity index (χ1) is 18.0. The lowest BCUT2D eigenvalue weighted by Crippen LogP contribution is -2.68. The van der Waals surface area contributed by atoms with Crippen molar-refractivity contribution in [3.8, 4) is 0 Å². The monoisotopic (exact) mass is 544 g/mol. The SMILES string of the molecule is CC(=O)OC[C@]12CC[C@@](O)(C(C)C)[C@@H]1[C@H]1CC[C@@H]3[C@@]4(C)CC[C@H](OC(C)=O)C(C)(C)[C@@H]4CC[C@@]3(C)[C@]1(C)CC2. The number of carbonyl (C=O) groups is 2. The number of aliphatic hydroxyl groups is 1. The minimum Gasteiger partial charge on any atom is -0.465 e. The molecular weight excluding hydrogens is 488 g/mol. The molecule has 0 spiro atoms. The molecule has 0 unspecified atom stereocenters. The summed E-state index contributed by atoms with van der Waals surface area (Å²) in [6.45, 7) is 20.4. The molecular formula is C34H56O5. The van der Waals surface area contributed by atoms with E-state index < -0.39 is 5.60 Å². The molecule has 0 aromatic rings. The van der Waals surface area contributed by atoms with Crippen LogP contribution in [0.5, 0.6) is 0 Å². The molecule has 5 fully saturated rings. The van der Waals surface area contributed by atoms with Gasteiger partial charge in [-0.3, -0.25) is 9.59 Å². The highest BCUT2D eigenvalue weighted by molar-refractivity contribution is 5.66. The Labute approximate surface area is 237 Å². The number of ether oxygens (including phenoxy) is 2. The highest BCUT2D eigenvalue weighted by Crippen LogP contribution is 2.78. The molecule has 5 aliphatic rings. The van der Waals surface area contributed by atoms with E-state index in [2.05, 4.69) is 48.5 Å². The van der Waals surface area contributed by atoms with E-state index in [-0.39, 0.29) is 57.0 Å². The fourth-order valence-corrected chi connectivity index (χ4v) is 12.3. The highest BCUT2D eigenvalue weighted by atomic mass is 16.5. The summed E-state index contributed by atoms with van der Waals surface area (Å²) in [5.74, 6) is 1.58. The van der Waals surface area contributed by atoms with Crippen molar-refractivity contribution in [2.75, 3.05) is 6.61 Å². The van der Waals surface area contributed by atoms with Gasteiger partial charge < -0.3 is 14.6 Å². The predicted molar refractivity (Wildman–Crippen MR) is 153 cm³/mol. The molecule has 39 heavy (non-hydrogen) atoms. The van der Waals surface area contributed by atoms with E-state index in [0.29, 0.717) is 24.4 Å². The third-order valence-corrected chi connectivity index (χ3v) is 14.5. The van der Waals surface area contributed by atoms with Gasteiger partial charge in [0.2, 0.25) is 0 Å². The Balaban J connectivity index is 1.52. The number of esters is 2. The minimum atomic E-state index is -0.707. The molecule has 0 heterocycles. The van der Waals surface area contributed by atoms with E-state index in [0.717, 1.165) is 44.9 Å². The van der Waals surface area contributed by atoms with Crippen molar-refractivity contribution in [3.05, 3.63) is 0 Å². The van der Waals surface area contributed by atoms with Crippen molar-refractivity contribution in [1.82, 2.24) is 0 Å². The third kappa shape index (κ3) is 3.93. The molecule has 5 nitrogen and oxygen atoms in total. The number of rotatable bonds is 4. The standard InChI is InChI=1S/C34H56O5/c1-21(2)34(37)19-18-33(20-38-22(3)35)17-16-31(8)24(28(33)34)10-11-26-30(7)14-13-27(39-23(4)36)29(5,6)25(30)12-15-32(26,31)9/h21,24-28,37H,10-20H2,1-9H3/t24-,25+,26-,27+,28-,30+,31-,32-,33+,34-/m1/s1. The maximum Gasteiger partial charge on any atom is 0.302 e. The van der Waals surface area contributed by atoms with Gasteiger partial charge in [-0.25, -0.2) is 0 Å². The van der Waals surface area contributed by atoms with E-state index in [1.807, 2.05) is 0 Å². The van der Waals surface area contributed by atoms with Crippen LogP contribution >= 0.6 is 0 Å². The van der Waals surface area contributed by atoms with Crippen molar-refractivity contribution in [3.63, 3.8) is 0 Å². The molecule has 1 N–H and O–H groups in total. The zero-order valence-corrected chi connectivity index (χ0v) is 26.3. The number of fused-ring (bicyclic) bond motifs is 7. The van der Waals surface area contributed by atoms with Crippen LogP contribution in [-0.2, 0) is 19.1 Å². The predicted octanol–water partition coefficient (Wildman–Crippen LogP) is 7.33. The second-order valence-electron chi connectivity index (χ2n) is 16.4. The molecule has 5 saturated carbocycles. The van der Waals surface area contributed by atoms with Crippen LogP contribution in [0.2, 0.25) is 0 Å². The molecule has 0 saturated heterocycles. The Morgan fingerprint density at radius 3 is 2.08 bits per heavy atom. The normalized spacial score (nSPS) is 50.3. The van der Waals surface area contributed by atoms with Gasteiger partial charge in [-0.2, -0.15) is 0 Å². The van der Waals surface area contributed by atoms with Gasteiger partial charge in [0.15, 0.2) is 0 Å². The van der Waals surface area contributed by atoms with Crippen LogP contribution in [-0.4, -0.2) is 35.4 Å². The second-order valence-corrected chi connectivity index (χ2v) is 16.4. The molecule has 0 aromatic heterocycles. The first-order valence-corrected chi connectivity index (χ1v) is 16.0. The summed E-state index contributed by atoms with van der Waals surface area (Å²) in [7, 11) is 0. The summed E-state index contributed by atoms with van der Waals surface area (Å²) in [5.41, 5.74) is -0.299. The van der Waals surface area contributed by atoms with Gasteiger partial charge in [-0.05, 0) is 104 Å². The Morgan fingerprint density at radius 1 is 0.795 bits per heavy atom. The van der Waals surface area contributed by atoms with Crippen LogP contribution in [0, 0.1) is 56.7 Å². The average molecular weight is 545 g/mol. The van der Waals surface area contributed by atoms with Crippen LogP contribution in [0.15, 0.2) is 0 Å². The summed E-state index contributed by atoms with van der Waals surface area (Å²) in [4.78, 5) is 23.9. The van der Waals surface area contributed by atoms with Gasteiger partial charge in [0.05, 0.1) is 12.2 Å². The number of hydrogen-bond donors (Lipinski definition) is 1. The van der Waals surface area contributed by atoms with E-state index in [4.69, 9.17) is 9.47 Å². The summed E-state index contributed by atoms with van der Waals surface area (Å²) in [5, 5.41) is 12.4. The van der Waals surface area contributed by atoms with Crippen LogP contribution in [0.25, 0.3) is 0 Å². The summed E-state index contributed by atoms with van der Waals surface area (Å²) >= 11 is 0. The van der Waals surface area contributed by atoms with Crippen molar-refractivity contribution in [1.29, 1.82) is 0 Å². The van der Waals surface area contributed by atoms with Crippen molar-refractivity contribution >= 4 is 11.9 Å².